The van der Waals surface area contributed by atoms with Gasteiger partial charge in [0.05, 0.1) is 42.2 Å². The van der Waals surface area contributed by atoms with Gasteiger partial charge in [0.2, 0.25) is 12.1 Å². The number of ether oxygens (including phenoxy) is 4. The molecule has 294 valence electrons. The topological polar surface area (TPSA) is 179 Å². The molecule has 2 unspecified atom stereocenters. The number of ketones is 2. The van der Waals surface area contributed by atoms with Crippen LogP contribution in [-0.2, 0) is 19.2 Å². The lowest BCUT2D eigenvalue weighted by molar-refractivity contribution is -0.127. The second kappa shape index (κ2) is 20.7. The molecular weight excluding hydrogens is 763 g/mol. The smallest absolute Gasteiger partial charge is 0.258 e. The molecule has 0 radical (unpaired) electrons. The van der Waals surface area contributed by atoms with E-state index in [4.69, 9.17) is 42.1 Å². The molecule has 2 N–H and O–H groups in total. The summed E-state index contributed by atoms with van der Waals surface area (Å²) in [5.74, 6) is -0.495. The van der Waals surface area contributed by atoms with Crippen LogP contribution in [-0.4, -0.2) is 61.9 Å². The van der Waals surface area contributed by atoms with Gasteiger partial charge in [0.15, 0.2) is 34.6 Å². The molecule has 0 aliphatic heterocycles. The highest BCUT2D eigenvalue weighted by Crippen LogP contribution is 2.39. The Morgan fingerprint density at radius 3 is 1.38 bits per heavy atom. The predicted octanol–water partition coefficient (Wildman–Crippen LogP) is 9.62. The first-order valence-electron chi connectivity index (χ1n) is 17.7. The van der Waals surface area contributed by atoms with Crippen molar-refractivity contribution in [1.82, 2.24) is 0 Å². The lowest BCUT2D eigenvalue weighted by Gasteiger charge is -2.14. The Balaban J connectivity index is 1.46. The number of hydrogen-bond donors (Lipinski definition) is 2. The summed E-state index contributed by atoms with van der Waals surface area (Å²) in [6, 6.07) is 16.8. The van der Waals surface area contributed by atoms with Crippen molar-refractivity contribution in [1.29, 1.82) is 0 Å². The number of carbonyl (C=O) groups is 4. The van der Waals surface area contributed by atoms with Crippen LogP contribution in [0.2, 0.25) is 10.0 Å². The Morgan fingerprint density at radius 1 is 0.554 bits per heavy atom. The average molecular weight is 806 g/mol. The number of anilines is 2. The van der Waals surface area contributed by atoms with Crippen LogP contribution in [0.15, 0.2) is 93.3 Å². The fourth-order valence-corrected chi connectivity index (χ4v) is 5.67. The van der Waals surface area contributed by atoms with Gasteiger partial charge in [-0.25, -0.2) is 0 Å². The highest BCUT2D eigenvalue weighted by atomic mass is 35.5. The maximum atomic E-state index is 13.1. The largest absolute Gasteiger partial charge is 0.490 e. The van der Waals surface area contributed by atoms with Gasteiger partial charge in [-0.3, -0.25) is 19.2 Å². The molecule has 2 atom stereocenters. The van der Waals surface area contributed by atoms with Crippen molar-refractivity contribution >= 4 is 69.3 Å². The summed E-state index contributed by atoms with van der Waals surface area (Å²) in [7, 11) is 0. The summed E-state index contributed by atoms with van der Waals surface area (Å²) in [5.41, 5.74) is 2.53. The van der Waals surface area contributed by atoms with Crippen LogP contribution < -0.4 is 29.6 Å². The normalized spacial score (nSPS) is 12.2. The van der Waals surface area contributed by atoms with Gasteiger partial charge in [0, 0.05) is 23.5 Å². The van der Waals surface area contributed by atoms with Crippen LogP contribution in [0.25, 0.3) is 11.1 Å². The Kier molecular flexibility index (Phi) is 15.9. The van der Waals surface area contributed by atoms with Gasteiger partial charge in [-0.15, -0.1) is 0 Å². The van der Waals surface area contributed by atoms with Gasteiger partial charge in [0.1, 0.15) is 5.69 Å². The lowest BCUT2D eigenvalue weighted by atomic mass is 10.0. The maximum absolute atomic E-state index is 13.1. The number of halogens is 2. The SMILES string of the molecule is CCOc1ccc(NC(=O)C(N=Nc2ccc(-c3cc(Cl)c(N=NC(C(C)=O)C(=O)Nc4ccc(OCC)c(OCC)c4)c(Cl)c3)cc2)C(C)=O)cc1OCC. The highest BCUT2D eigenvalue weighted by molar-refractivity contribution is 6.39. The van der Waals surface area contributed by atoms with Crippen molar-refractivity contribution in [3.05, 3.63) is 82.8 Å². The number of rotatable bonds is 19. The molecule has 0 fully saturated rings. The minimum absolute atomic E-state index is 0.0640. The van der Waals surface area contributed by atoms with E-state index < -0.39 is 35.5 Å². The molecule has 0 aromatic heterocycles. The molecule has 0 bridgehead atoms. The maximum Gasteiger partial charge on any atom is 0.258 e. The zero-order valence-corrected chi connectivity index (χ0v) is 33.2. The third-order valence-corrected chi connectivity index (χ3v) is 8.24. The fourth-order valence-electron chi connectivity index (χ4n) is 5.10. The van der Waals surface area contributed by atoms with Crippen molar-refractivity contribution in [2.24, 2.45) is 20.5 Å². The van der Waals surface area contributed by atoms with Crippen LogP contribution >= 0.6 is 23.2 Å². The summed E-state index contributed by atoms with van der Waals surface area (Å²) in [6.07, 6.45) is 0. The number of benzene rings is 4. The van der Waals surface area contributed by atoms with Crippen molar-refractivity contribution < 1.29 is 38.1 Å². The quantitative estimate of drug-likeness (QED) is 0.0695. The molecule has 0 heterocycles. The molecular formula is C40H42Cl2N6O8. The number of nitrogens with one attached hydrogen (secondary N) is 2. The predicted molar refractivity (Wildman–Crippen MR) is 215 cm³/mol. The Bertz CT molecular complexity index is 2090. The third kappa shape index (κ3) is 11.6. The Hall–Kier alpha value is -5.86. The lowest BCUT2D eigenvalue weighted by Crippen LogP contribution is -2.31. The van der Waals surface area contributed by atoms with E-state index in [1.807, 2.05) is 27.7 Å². The van der Waals surface area contributed by atoms with E-state index in [2.05, 4.69) is 31.1 Å². The van der Waals surface area contributed by atoms with Crippen LogP contribution in [0.5, 0.6) is 23.0 Å². The molecule has 16 heteroatoms. The molecule has 0 aliphatic carbocycles. The van der Waals surface area contributed by atoms with Gasteiger partial charge in [-0.1, -0.05) is 35.3 Å². The van der Waals surface area contributed by atoms with Crippen molar-refractivity contribution in [3.63, 3.8) is 0 Å². The summed E-state index contributed by atoms with van der Waals surface area (Å²) in [5, 5.41) is 21.8. The van der Waals surface area contributed by atoms with Crippen LogP contribution in [0.4, 0.5) is 22.7 Å². The monoisotopic (exact) mass is 804 g/mol. The molecule has 0 spiro atoms. The number of hydrogen-bond acceptors (Lipinski definition) is 12. The summed E-state index contributed by atoms with van der Waals surface area (Å²) in [6.45, 7) is 11.5. The molecule has 0 saturated heterocycles. The summed E-state index contributed by atoms with van der Waals surface area (Å²) in [4.78, 5) is 50.9. The Labute approximate surface area is 334 Å². The van der Waals surface area contributed by atoms with Gasteiger partial charge in [-0.05, 0) is 101 Å². The minimum Gasteiger partial charge on any atom is -0.490 e. The second-order valence-electron chi connectivity index (χ2n) is 11.8. The van der Waals surface area contributed by atoms with Gasteiger partial charge in [-0.2, -0.15) is 20.5 Å². The molecule has 4 aromatic carbocycles. The number of amides is 2. The Morgan fingerprint density at radius 2 is 0.964 bits per heavy atom. The number of carbonyl (C=O) groups excluding carboxylic acids is 4. The van der Waals surface area contributed by atoms with Crippen LogP contribution in [0.3, 0.4) is 0 Å². The van der Waals surface area contributed by atoms with Crippen LogP contribution in [0.1, 0.15) is 41.5 Å². The standard InChI is InChI=1S/C40H42Cl2N6O8/c1-7-53-32-17-15-28(21-34(32)55-9-3)43-39(51)36(23(5)49)46-45-27-13-11-25(12-14-27)26-19-30(41)38(31(42)20-26)48-47-37(24(6)50)40(52)44-29-16-18-33(54-8-2)35(22-29)56-10-4/h11-22,36-37H,7-10H2,1-6H3,(H,43,51)(H,44,52). The van der Waals surface area contributed by atoms with E-state index >= 15 is 0 Å². The number of nitrogens with zero attached hydrogens (tertiary/aromatic N) is 4. The van der Waals surface area contributed by atoms with Crippen molar-refractivity contribution in [2.75, 3.05) is 37.1 Å². The van der Waals surface area contributed by atoms with Crippen molar-refractivity contribution in [2.45, 2.75) is 53.6 Å². The average Bonchev–Trinajstić information content (AvgIpc) is 3.15. The molecule has 4 rings (SSSR count). The first-order valence-corrected chi connectivity index (χ1v) is 18.5. The van der Waals surface area contributed by atoms with E-state index in [1.165, 1.54) is 13.8 Å². The van der Waals surface area contributed by atoms with E-state index in [1.54, 1.807) is 72.8 Å². The first-order chi connectivity index (χ1) is 26.9. The number of Topliss-reactive ketones (excluding diaryl/α,β-unsaturated/α-hetero) is 2. The van der Waals surface area contributed by atoms with E-state index in [9.17, 15) is 19.2 Å². The molecule has 0 saturated carbocycles. The molecule has 4 aromatic rings. The van der Waals surface area contributed by atoms with Gasteiger partial charge in [0.25, 0.3) is 11.8 Å². The van der Waals surface area contributed by atoms with E-state index in [0.717, 1.165) is 0 Å². The first kappa shape index (κ1) is 42.9. The molecule has 2 amide bonds. The van der Waals surface area contributed by atoms with E-state index in [-0.39, 0.29) is 15.7 Å². The minimum atomic E-state index is -1.49. The number of azo groups is 2. The fraction of sp³-hybridized carbons (Fsp3) is 0.300. The third-order valence-electron chi connectivity index (χ3n) is 7.67. The molecule has 0 aliphatic rings. The molecule has 56 heavy (non-hydrogen) atoms. The van der Waals surface area contributed by atoms with Crippen molar-refractivity contribution in [3.8, 4) is 34.1 Å². The summed E-state index contributed by atoms with van der Waals surface area (Å²) >= 11 is 13.1. The zero-order chi connectivity index (χ0) is 40.8. The second-order valence-corrected chi connectivity index (χ2v) is 12.6. The van der Waals surface area contributed by atoms with Gasteiger partial charge >= 0.3 is 0 Å². The summed E-state index contributed by atoms with van der Waals surface area (Å²) < 4.78 is 22.4. The van der Waals surface area contributed by atoms with Gasteiger partial charge < -0.3 is 29.6 Å². The molecule has 14 nitrogen and oxygen atoms in total. The van der Waals surface area contributed by atoms with E-state index in [0.29, 0.717) is 77.6 Å². The highest BCUT2D eigenvalue weighted by Gasteiger charge is 2.25. The zero-order valence-electron chi connectivity index (χ0n) is 31.7. The van der Waals surface area contributed by atoms with Crippen LogP contribution in [0, 0.1) is 0 Å².